The van der Waals surface area contributed by atoms with E-state index in [1.807, 2.05) is 0 Å². The van der Waals surface area contributed by atoms with Gasteiger partial charge in [-0.25, -0.2) is 0 Å². The first kappa shape index (κ1) is 12.6. The Balaban J connectivity index is 1.97. The Hall–Kier alpha value is -1.82. The highest BCUT2D eigenvalue weighted by Crippen LogP contribution is 2.15. The van der Waals surface area contributed by atoms with Crippen LogP contribution in [-0.4, -0.2) is 0 Å². The van der Waals surface area contributed by atoms with E-state index >= 15 is 0 Å². The molecule has 92 valence electrons. The zero-order valence-electron chi connectivity index (χ0n) is 11.1. The molecule has 0 heterocycles. The molecule has 0 heteroatoms. The van der Waals surface area contributed by atoms with Crippen LogP contribution in [0.3, 0.4) is 0 Å². The molecule has 0 bridgehead atoms. The molecule has 0 aliphatic carbocycles. The van der Waals surface area contributed by atoms with Gasteiger partial charge >= 0.3 is 0 Å². The van der Waals surface area contributed by atoms with Gasteiger partial charge in [0, 0.05) is 0 Å². The van der Waals surface area contributed by atoms with Crippen LogP contribution < -0.4 is 0 Å². The molecule has 0 aliphatic heterocycles. The average molecular weight is 236 g/mol. The maximum Gasteiger partial charge on any atom is -0.00941 e. The lowest BCUT2D eigenvalue weighted by Crippen LogP contribution is -1.86. The minimum absolute atomic E-state index is 0.604. The highest BCUT2D eigenvalue weighted by molar-refractivity contribution is 5.50. The highest BCUT2D eigenvalue weighted by atomic mass is 14.0. The molecule has 0 spiro atoms. The molecule has 0 atom stereocenters. The third-order valence-electron chi connectivity index (χ3n) is 3.11. The zero-order chi connectivity index (χ0) is 12.8. The van der Waals surface area contributed by atoms with Crippen molar-refractivity contribution in [1.82, 2.24) is 0 Å². The van der Waals surface area contributed by atoms with Crippen molar-refractivity contribution in [3.05, 3.63) is 77.4 Å². The van der Waals surface area contributed by atoms with Gasteiger partial charge in [-0.05, 0) is 29.0 Å². The minimum atomic E-state index is 0.604. The van der Waals surface area contributed by atoms with Crippen LogP contribution in [0.15, 0.2) is 60.7 Å². The van der Waals surface area contributed by atoms with Crippen LogP contribution >= 0.6 is 0 Å². The van der Waals surface area contributed by atoms with E-state index < -0.39 is 0 Å². The maximum atomic E-state index is 2.22. The van der Waals surface area contributed by atoms with Gasteiger partial charge < -0.3 is 0 Å². The van der Waals surface area contributed by atoms with E-state index in [0.29, 0.717) is 5.92 Å². The molecule has 0 aromatic heterocycles. The first-order valence-corrected chi connectivity index (χ1v) is 6.56. The SMILES string of the molecule is CC(C)c1ccc(/C=C/Cc2ccccc2)cc1. The summed E-state index contributed by atoms with van der Waals surface area (Å²) in [6.07, 6.45) is 5.41. The molecule has 2 aromatic rings. The van der Waals surface area contributed by atoms with Crippen molar-refractivity contribution in [2.24, 2.45) is 0 Å². The second-order valence-corrected chi connectivity index (χ2v) is 4.91. The van der Waals surface area contributed by atoms with Gasteiger partial charge in [-0.15, -0.1) is 0 Å². The number of benzene rings is 2. The molecule has 0 aliphatic rings. The summed E-state index contributed by atoms with van der Waals surface area (Å²) in [4.78, 5) is 0. The fraction of sp³-hybridized carbons (Fsp3) is 0.222. The van der Waals surface area contributed by atoms with Gasteiger partial charge in [0.2, 0.25) is 0 Å². The Labute approximate surface area is 110 Å². The third-order valence-corrected chi connectivity index (χ3v) is 3.11. The minimum Gasteiger partial charge on any atom is -0.0795 e. The summed E-state index contributed by atoms with van der Waals surface area (Å²) < 4.78 is 0. The quantitative estimate of drug-likeness (QED) is 0.695. The fourth-order valence-corrected chi connectivity index (χ4v) is 1.94. The Kier molecular flexibility index (Phi) is 4.35. The number of hydrogen-bond donors (Lipinski definition) is 0. The third kappa shape index (κ3) is 3.59. The molecule has 0 unspecified atom stereocenters. The molecule has 0 N–H and O–H groups in total. The summed E-state index contributed by atoms with van der Waals surface area (Å²) >= 11 is 0. The zero-order valence-corrected chi connectivity index (χ0v) is 11.1. The van der Waals surface area contributed by atoms with Crippen LogP contribution in [0.5, 0.6) is 0 Å². The second kappa shape index (κ2) is 6.20. The maximum absolute atomic E-state index is 2.22. The van der Waals surface area contributed by atoms with E-state index in [2.05, 4.69) is 80.6 Å². The van der Waals surface area contributed by atoms with Crippen LogP contribution in [0.1, 0.15) is 36.5 Å². The predicted molar refractivity (Wildman–Crippen MR) is 79.7 cm³/mol. The molecule has 0 radical (unpaired) electrons. The lowest BCUT2D eigenvalue weighted by molar-refractivity contribution is 0.866. The molecule has 0 fully saturated rings. The molecular weight excluding hydrogens is 216 g/mol. The fourth-order valence-electron chi connectivity index (χ4n) is 1.94. The number of hydrogen-bond acceptors (Lipinski definition) is 0. The molecule has 0 amide bonds. The summed E-state index contributed by atoms with van der Waals surface area (Å²) in [5, 5.41) is 0. The Morgan fingerprint density at radius 1 is 0.889 bits per heavy atom. The highest BCUT2D eigenvalue weighted by Gasteiger charge is 1.96. The summed E-state index contributed by atoms with van der Waals surface area (Å²) in [6.45, 7) is 4.44. The first-order chi connectivity index (χ1) is 8.75. The Morgan fingerprint density at radius 3 is 2.17 bits per heavy atom. The van der Waals surface area contributed by atoms with E-state index in [1.165, 1.54) is 16.7 Å². The van der Waals surface area contributed by atoms with Crippen molar-refractivity contribution in [3.8, 4) is 0 Å². The Morgan fingerprint density at radius 2 is 1.56 bits per heavy atom. The van der Waals surface area contributed by atoms with Crippen molar-refractivity contribution >= 4 is 6.08 Å². The molecule has 0 saturated heterocycles. The monoisotopic (exact) mass is 236 g/mol. The smallest absolute Gasteiger partial charge is 0.00941 e. The van der Waals surface area contributed by atoms with Crippen LogP contribution in [0, 0.1) is 0 Å². The molecule has 0 nitrogen and oxygen atoms in total. The Bertz CT molecular complexity index is 489. The summed E-state index contributed by atoms with van der Waals surface area (Å²) in [7, 11) is 0. The van der Waals surface area contributed by atoms with Gasteiger partial charge in [0.15, 0.2) is 0 Å². The molecular formula is C18H20. The normalized spacial score (nSPS) is 11.3. The average Bonchev–Trinajstić information content (AvgIpc) is 2.40. The topological polar surface area (TPSA) is 0 Å². The molecule has 2 rings (SSSR count). The van der Waals surface area contributed by atoms with Crippen LogP contribution in [0.2, 0.25) is 0 Å². The largest absolute Gasteiger partial charge is 0.0795 e. The van der Waals surface area contributed by atoms with Crippen LogP contribution in [-0.2, 0) is 6.42 Å². The molecule has 18 heavy (non-hydrogen) atoms. The van der Waals surface area contributed by atoms with Crippen molar-refractivity contribution in [1.29, 1.82) is 0 Å². The summed E-state index contributed by atoms with van der Waals surface area (Å²) in [5.41, 5.74) is 4.03. The van der Waals surface area contributed by atoms with Crippen molar-refractivity contribution in [2.45, 2.75) is 26.2 Å². The van der Waals surface area contributed by atoms with Gasteiger partial charge in [0.05, 0.1) is 0 Å². The van der Waals surface area contributed by atoms with E-state index in [4.69, 9.17) is 0 Å². The van der Waals surface area contributed by atoms with E-state index in [9.17, 15) is 0 Å². The van der Waals surface area contributed by atoms with Gasteiger partial charge in [-0.2, -0.15) is 0 Å². The summed E-state index contributed by atoms with van der Waals surface area (Å²) in [6, 6.07) is 19.4. The van der Waals surface area contributed by atoms with Crippen molar-refractivity contribution in [2.75, 3.05) is 0 Å². The van der Waals surface area contributed by atoms with Gasteiger partial charge in [0.25, 0.3) is 0 Å². The second-order valence-electron chi connectivity index (χ2n) is 4.91. The van der Waals surface area contributed by atoms with Crippen molar-refractivity contribution in [3.63, 3.8) is 0 Å². The van der Waals surface area contributed by atoms with Gasteiger partial charge in [0.1, 0.15) is 0 Å². The van der Waals surface area contributed by atoms with Crippen molar-refractivity contribution < 1.29 is 0 Å². The lowest BCUT2D eigenvalue weighted by Gasteiger charge is -2.04. The van der Waals surface area contributed by atoms with Crippen LogP contribution in [0.25, 0.3) is 6.08 Å². The molecule has 2 aromatic carbocycles. The first-order valence-electron chi connectivity index (χ1n) is 6.56. The standard InChI is InChI=1S/C18H20/c1-15(2)18-13-11-17(12-14-18)10-6-9-16-7-4-3-5-8-16/h3-8,10-15H,9H2,1-2H3/b10-6+. The lowest BCUT2D eigenvalue weighted by atomic mass is 10.0. The van der Waals surface area contributed by atoms with E-state index in [-0.39, 0.29) is 0 Å². The number of rotatable bonds is 4. The van der Waals surface area contributed by atoms with E-state index in [1.54, 1.807) is 0 Å². The van der Waals surface area contributed by atoms with Gasteiger partial charge in [-0.1, -0.05) is 80.6 Å². The predicted octanol–water partition coefficient (Wildman–Crippen LogP) is 5.07. The number of allylic oxidation sites excluding steroid dienone is 1. The summed E-state index contributed by atoms with van der Waals surface area (Å²) in [5.74, 6) is 0.604. The molecule has 0 saturated carbocycles. The van der Waals surface area contributed by atoms with E-state index in [0.717, 1.165) is 6.42 Å². The van der Waals surface area contributed by atoms with Crippen LogP contribution in [0.4, 0.5) is 0 Å². The van der Waals surface area contributed by atoms with Gasteiger partial charge in [-0.3, -0.25) is 0 Å².